The first-order valence-electron chi connectivity index (χ1n) is 10.3. The van der Waals surface area contributed by atoms with Gasteiger partial charge < -0.3 is 24.8 Å². The maximum atomic E-state index is 12.2. The molecule has 0 aromatic heterocycles. The Morgan fingerprint density at radius 1 is 1.29 bits per heavy atom. The number of fused-ring (bicyclic) bond motifs is 2. The van der Waals surface area contributed by atoms with Gasteiger partial charge in [0.1, 0.15) is 24.1 Å². The number of piperidine rings is 1. The largest absolute Gasteiger partial charge is 0.489 e. The molecule has 2 N–H and O–H groups in total. The molecule has 0 radical (unpaired) electrons. The van der Waals surface area contributed by atoms with Crippen molar-refractivity contribution in [2.24, 2.45) is 0 Å². The number of rotatable bonds is 6. The summed E-state index contributed by atoms with van der Waals surface area (Å²) in [6.07, 6.45) is 0.644. The summed E-state index contributed by atoms with van der Waals surface area (Å²) in [5, 5.41) is 13.7. The van der Waals surface area contributed by atoms with Gasteiger partial charge >= 0.3 is 5.97 Å². The van der Waals surface area contributed by atoms with Crippen LogP contribution in [0.3, 0.4) is 0 Å². The predicted octanol–water partition coefficient (Wildman–Crippen LogP) is 3.20. The molecular weight excluding hydrogens is 420 g/mol. The van der Waals surface area contributed by atoms with Crippen LogP contribution in [-0.2, 0) is 15.1 Å². The number of aliphatic hydroxyl groups is 1. The Labute approximate surface area is 185 Å². The van der Waals surface area contributed by atoms with E-state index in [1.807, 2.05) is 24.3 Å². The highest BCUT2D eigenvalue weighted by molar-refractivity contribution is 6.30. The normalized spacial score (nSPS) is 18.4. The van der Waals surface area contributed by atoms with Crippen molar-refractivity contribution in [3.63, 3.8) is 0 Å². The van der Waals surface area contributed by atoms with Gasteiger partial charge in [0.15, 0.2) is 0 Å². The maximum Gasteiger partial charge on any atom is 0.339 e. The van der Waals surface area contributed by atoms with E-state index < -0.39 is 11.7 Å². The average Bonchev–Trinajstić information content (AvgIpc) is 3.01. The molecule has 31 heavy (non-hydrogen) atoms. The lowest BCUT2D eigenvalue weighted by Gasteiger charge is -2.39. The van der Waals surface area contributed by atoms with Gasteiger partial charge in [0.05, 0.1) is 11.3 Å². The molecule has 2 aliphatic heterocycles. The molecule has 2 aromatic carbocycles. The van der Waals surface area contributed by atoms with Gasteiger partial charge in [-0.25, -0.2) is 4.79 Å². The zero-order chi connectivity index (χ0) is 22.0. The number of β-amino-alcohol motifs (C(OH)–C–C–N with tert-alkyl or cyclic N) is 1. The molecular formula is C23H25ClN2O5. The summed E-state index contributed by atoms with van der Waals surface area (Å²) in [6, 6.07) is 12.5. The molecule has 0 unspecified atom stereocenters. The lowest BCUT2D eigenvalue weighted by atomic mass is 9.84. The first-order chi connectivity index (χ1) is 14.9. The lowest BCUT2D eigenvalue weighted by Crippen LogP contribution is -2.46. The van der Waals surface area contributed by atoms with E-state index >= 15 is 0 Å². The molecule has 0 saturated carbocycles. The number of anilines is 1. The van der Waals surface area contributed by atoms with E-state index in [9.17, 15) is 14.7 Å². The molecule has 0 bridgehead atoms. The van der Waals surface area contributed by atoms with Crippen LogP contribution in [0.15, 0.2) is 42.5 Å². The summed E-state index contributed by atoms with van der Waals surface area (Å²) in [7, 11) is 0. The highest BCUT2D eigenvalue weighted by Crippen LogP contribution is 2.43. The second-order valence-corrected chi connectivity index (χ2v) is 8.45. The van der Waals surface area contributed by atoms with Gasteiger partial charge in [-0.2, -0.15) is 0 Å². The van der Waals surface area contributed by atoms with Crippen molar-refractivity contribution in [2.45, 2.75) is 31.5 Å². The monoisotopic (exact) mass is 444 g/mol. The van der Waals surface area contributed by atoms with Crippen LogP contribution >= 0.6 is 11.6 Å². The SMILES string of the molecule is CC(=O)Nc1ccc(Cl)cc1OC[C@@H](O)CN1CCC2(CC1)OC(=O)c1ccccc12. The third kappa shape index (κ3) is 4.69. The molecule has 8 heteroatoms. The van der Waals surface area contributed by atoms with Crippen molar-refractivity contribution in [1.29, 1.82) is 0 Å². The molecule has 1 fully saturated rings. The number of hydrogen-bond acceptors (Lipinski definition) is 6. The van der Waals surface area contributed by atoms with Crippen molar-refractivity contribution in [1.82, 2.24) is 4.90 Å². The molecule has 4 rings (SSSR count). The lowest BCUT2D eigenvalue weighted by molar-refractivity contribution is -0.114. The zero-order valence-electron chi connectivity index (χ0n) is 17.3. The van der Waals surface area contributed by atoms with Crippen molar-refractivity contribution in [3.8, 4) is 5.75 Å². The minimum absolute atomic E-state index is 0.0619. The Kier molecular flexibility index (Phi) is 6.18. The summed E-state index contributed by atoms with van der Waals surface area (Å²) in [6.45, 7) is 3.31. The van der Waals surface area contributed by atoms with Crippen molar-refractivity contribution in [2.75, 3.05) is 31.6 Å². The number of carbonyl (C=O) groups is 2. The molecule has 1 saturated heterocycles. The Morgan fingerprint density at radius 3 is 2.77 bits per heavy atom. The summed E-state index contributed by atoms with van der Waals surface area (Å²) < 4.78 is 11.5. The summed E-state index contributed by atoms with van der Waals surface area (Å²) in [5.41, 5.74) is 1.57. The Balaban J connectivity index is 1.32. The van der Waals surface area contributed by atoms with Crippen LogP contribution in [0.5, 0.6) is 5.75 Å². The quantitative estimate of drug-likeness (QED) is 0.665. The number of benzene rings is 2. The number of ether oxygens (including phenoxy) is 2. The van der Waals surface area contributed by atoms with Crippen LogP contribution in [0.25, 0.3) is 0 Å². The Hall–Kier alpha value is -2.61. The van der Waals surface area contributed by atoms with E-state index in [1.165, 1.54) is 6.92 Å². The van der Waals surface area contributed by atoms with Crippen LogP contribution < -0.4 is 10.1 Å². The summed E-state index contributed by atoms with van der Waals surface area (Å²) in [5.74, 6) is -0.0630. The minimum atomic E-state index is -0.725. The van der Waals surface area contributed by atoms with Gasteiger partial charge in [0.25, 0.3) is 0 Å². The third-order valence-electron chi connectivity index (χ3n) is 5.74. The van der Waals surface area contributed by atoms with Crippen molar-refractivity contribution in [3.05, 3.63) is 58.6 Å². The predicted molar refractivity (Wildman–Crippen MR) is 116 cm³/mol. The number of nitrogens with zero attached hydrogens (tertiary/aromatic N) is 1. The summed E-state index contributed by atoms with van der Waals surface area (Å²) in [4.78, 5) is 25.7. The van der Waals surface area contributed by atoms with E-state index in [4.69, 9.17) is 21.1 Å². The third-order valence-corrected chi connectivity index (χ3v) is 5.98. The number of halogens is 1. The van der Waals surface area contributed by atoms with Crippen LogP contribution in [0.4, 0.5) is 5.69 Å². The zero-order valence-corrected chi connectivity index (χ0v) is 18.0. The number of amides is 1. The van der Waals surface area contributed by atoms with Gasteiger partial charge in [-0.15, -0.1) is 0 Å². The second-order valence-electron chi connectivity index (χ2n) is 8.02. The number of esters is 1. The van der Waals surface area contributed by atoms with Gasteiger partial charge in [-0.05, 0) is 18.2 Å². The van der Waals surface area contributed by atoms with Crippen LogP contribution in [0.1, 0.15) is 35.7 Å². The fraction of sp³-hybridized carbons (Fsp3) is 0.391. The minimum Gasteiger partial charge on any atom is -0.489 e. The standard InChI is InChI=1S/C23H25ClN2O5/c1-15(27)25-20-7-6-16(24)12-21(20)30-14-17(28)13-26-10-8-23(9-11-26)19-5-3-2-4-18(19)22(29)31-23/h2-7,12,17,28H,8-11,13-14H2,1H3,(H,25,27)/t17-/m0/s1. The number of aliphatic hydroxyl groups excluding tert-OH is 1. The second kappa shape index (κ2) is 8.86. The van der Waals surface area contributed by atoms with Gasteiger partial charge in [-0.1, -0.05) is 29.8 Å². The average molecular weight is 445 g/mol. The first-order valence-corrected chi connectivity index (χ1v) is 10.7. The topological polar surface area (TPSA) is 88.1 Å². The highest BCUT2D eigenvalue weighted by atomic mass is 35.5. The van der Waals surface area contributed by atoms with Crippen LogP contribution in [0.2, 0.25) is 5.02 Å². The molecule has 2 aromatic rings. The maximum absolute atomic E-state index is 12.2. The van der Waals surface area contributed by atoms with Gasteiger partial charge in [-0.3, -0.25) is 4.79 Å². The van der Waals surface area contributed by atoms with E-state index in [0.717, 1.165) is 5.56 Å². The number of hydrogen-bond donors (Lipinski definition) is 2. The van der Waals surface area contributed by atoms with Gasteiger partial charge in [0.2, 0.25) is 5.91 Å². The highest BCUT2D eigenvalue weighted by Gasteiger charge is 2.47. The molecule has 164 valence electrons. The number of nitrogens with one attached hydrogen (secondary N) is 1. The molecule has 1 amide bonds. The molecule has 2 heterocycles. The number of likely N-dealkylation sites (tertiary alicyclic amines) is 1. The van der Waals surface area contributed by atoms with Gasteiger partial charge in [0, 0.05) is 56.1 Å². The fourth-order valence-electron chi connectivity index (χ4n) is 4.26. The molecule has 1 spiro atoms. The van der Waals surface area contributed by atoms with Crippen LogP contribution in [0, 0.1) is 0 Å². The summed E-state index contributed by atoms with van der Waals surface area (Å²) >= 11 is 6.03. The van der Waals surface area contributed by atoms with E-state index in [1.54, 1.807) is 18.2 Å². The number of carbonyl (C=O) groups excluding carboxylic acids is 2. The molecule has 7 nitrogen and oxygen atoms in total. The van der Waals surface area contributed by atoms with Crippen molar-refractivity contribution >= 4 is 29.2 Å². The first kappa shape index (κ1) is 21.6. The Morgan fingerprint density at radius 2 is 2.03 bits per heavy atom. The van der Waals surface area contributed by atoms with E-state index in [2.05, 4.69) is 10.2 Å². The van der Waals surface area contributed by atoms with Crippen LogP contribution in [-0.4, -0.2) is 54.2 Å². The van der Waals surface area contributed by atoms with E-state index in [0.29, 0.717) is 54.5 Å². The fourth-order valence-corrected chi connectivity index (χ4v) is 4.42. The molecule has 2 aliphatic rings. The molecule has 1 atom stereocenters. The smallest absolute Gasteiger partial charge is 0.339 e. The van der Waals surface area contributed by atoms with E-state index in [-0.39, 0.29) is 18.5 Å². The Bertz CT molecular complexity index is 988. The van der Waals surface area contributed by atoms with Crippen molar-refractivity contribution < 1.29 is 24.2 Å². The molecule has 0 aliphatic carbocycles.